The average Bonchev–Trinajstić information content (AvgIpc) is 3.29. The van der Waals surface area contributed by atoms with Gasteiger partial charge in [0.15, 0.2) is 10.2 Å². The minimum absolute atomic E-state index is 0.0852. The molecule has 1 fully saturated rings. The molecule has 8 nitrogen and oxygen atoms in total. The summed E-state index contributed by atoms with van der Waals surface area (Å²) in [6.07, 6.45) is 0.656. The third kappa shape index (κ3) is 4.75. The number of carbonyl (C=O) groups excluding carboxylic acids is 1. The Labute approximate surface area is 170 Å². The van der Waals surface area contributed by atoms with Crippen LogP contribution in [0.3, 0.4) is 0 Å². The molecule has 3 heterocycles. The van der Waals surface area contributed by atoms with Gasteiger partial charge in [-0.3, -0.25) is 15.0 Å². The van der Waals surface area contributed by atoms with Gasteiger partial charge in [0.2, 0.25) is 16.9 Å². The van der Waals surface area contributed by atoms with Crippen LogP contribution in [-0.2, 0) is 11.2 Å². The Morgan fingerprint density at radius 1 is 1.32 bits per heavy atom. The number of hydrogen-bond donors (Lipinski definition) is 1. The van der Waals surface area contributed by atoms with Gasteiger partial charge in [-0.25, -0.2) is 0 Å². The number of nitrogens with one attached hydrogen (secondary N) is 1. The van der Waals surface area contributed by atoms with Gasteiger partial charge in [-0.2, -0.15) is 4.98 Å². The molecule has 0 unspecified atom stereocenters. The SMILES string of the molecule is CCSc1nnc(NC(=O)CN2CC(c3nc(Cc4ccccc4)no3)C2)s1. The highest BCUT2D eigenvalue weighted by molar-refractivity contribution is 8.01. The van der Waals surface area contributed by atoms with Gasteiger partial charge in [0.1, 0.15) is 0 Å². The lowest BCUT2D eigenvalue weighted by molar-refractivity contribution is -0.118. The van der Waals surface area contributed by atoms with Crippen LogP contribution in [0.2, 0.25) is 0 Å². The van der Waals surface area contributed by atoms with Crippen molar-refractivity contribution in [2.24, 2.45) is 0 Å². The molecule has 0 spiro atoms. The van der Waals surface area contributed by atoms with E-state index in [-0.39, 0.29) is 11.8 Å². The highest BCUT2D eigenvalue weighted by Gasteiger charge is 2.33. The number of likely N-dealkylation sites (tertiary alicyclic amines) is 1. The molecule has 1 aliphatic rings. The van der Waals surface area contributed by atoms with Gasteiger partial charge in [-0.05, 0) is 11.3 Å². The molecule has 146 valence electrons. The van der Waals surface area contributed by atoms with Gasteiger partial charge in [0.25, 0.3) is 0 Å². The van der Waals surface area contributed by atoms with E-state index in [9.17, 15) is 4.79 Å². The molecule has 1 aliphatic heterocycles. The van der Waals surface area contributed by atoms with Crippen molar-refractivity contribution >= 4 is 34.1 Å². The number of thioether (sulfide) groups is 1. The normalized spacial score (nSPS) is 14.8. The van der Waals surface area contributed by atoms with Gasteiger partial charge in [0, 0.05) is 19.5 Å². The van der Waals surface area contributed by atoms with E-state index in [0.29, 0.717) is 29.8 Å². The molecule has 1 aromatic carbocycles. The topological polar surface area (TPSA) is 97.0 Å². The number of benzene rings is 1. The molecule has 2 aromatic heterocycles. The first kappa shape index (κ1) is 19.0. The lowest BCUT2D eigenvalue weighted by atomic mass is 10.0. The second kappa shape index (κ2) is 8.80. The number of rotatable bonds is 8. The Morgan fingerprint density at radius 3 is 2.93 bits per heavy atom. The Balaban J connectivity index is 1.22. The van der Waals surface area contributed by atoms with Gasteiger partial charge >= 0.3 is 0 Å². The largest absolute Gasteiger partial charge is 0.339 e. The summed E-state index contributed by atoms with van der Waals surface area (Å²) in [6, 6.07) is 10.1. The first-order valence-corrected chi connectivity index (χ1v) is 10.8. The number of hydrogen-bond acceptors (Lipinski definition) is 9. The molecular formula is C18H20N6O2S2. The van der Waals surface area contributed by atoms with Gasteiger partial charge in [-0.15, -0.1) is 10.2 Å². The van der Waals surface area contributed by atoms with Crippen LogP contribution in [-0.4, -0.2) is 56.5 Å². The van der Waals surface area contributed by atoms with Gasteiger partial charge in [0.05, 0.1) is 12.5 Å². The summed E-state index contributed by atoms with van der Waals surface area (Å²) >= 11 is 3.01. The highest BCUT2D eigenvalue weighted by Crippen LogP contribution is 2.27. The van der Waals surface area contributed by atoms with Crippen LogP contribution in [0.15, 0.2) is 39.2 Å². The van der Waals surface area contributed by atoms with Crippen molar-refractivity contribution < 1.29 is 9.32 Å². The molecule has 10 heteroatoms. The smallest absolute Gasteiger partial charge is 0.240 e. The number of nitrogens with zero attached hydrogens (tertiary/aromatic N) is 5. The fourth-order valence-electron chi connectivity index (χ4n) is 2.94. The predicted molar refractivity (Wildman–Crippen MR) is 108 cm³/mol. The van der Waals surface area contributed by atoms with Crippen molar-refractivity contribution in [3.8, 4) is 0 Å². The Hall–Kier alpha value is -2.30. The standard InChI is InChI=1S/C18H20N6O2S2/c1-2-27-18-22-21-17(28-18)20-15(25)11-24-9-13(10-24)16-19-14(23-26-16)8-12-6-4-3-5-7-12/h3-7,13H,2,8-11H2,1H3,(H,20,21,25). The summed E-state index contributed by atoms with van der Waals surface area (Å²) in [6.45, 7) is 3.83. The van der Waals surface area contributed by atoms with Crippen molar-refractivity contribution in [3.05, 3.63) is 47.6 Å². The Kier molecular flexibility index (Phi) is 5.98. The maximum atomic E-state index is 12.2. The number of anilines is 1. The number of aromatic nitrogens is 4. The van der Waals surface area contributed by atoms with E-state index in [0.717, 1.165) is 28.7 Å². The molecular weight excluding hydrogens is 396 g/mol. The molecule has 0 aliphatic carbocycles. The molecule has 0 saturated carbocycles. The fourth-order valence-corrected chi connectivity index (χ4v) is 4.61. The van der Waals surface area contributed by atoms with Crippen molar-refractivity contribution in [1.29, 1.82) is 0 Å². The molecule has 0 atom stereocenters. The van der Waals surface area contributed by atoms with Crippen molar-refractivity contribution in [3.63, 3.8) is 0 Å². The van der Waals surface area contributed by atoms with E-state index < -0.39 is 0 Å². The van der Waals surface area contributed by atoms with Crippen molar-refractivity contribution in [1.82, 2.24) is 25.2 Å². The zero-order valence-electron chi connectivity index (χ0n) is 15.4. The minimum atomic E-state index is -0.0852. The maximum Gasteiger partial charge on any atom is 0.240 e. The van der Waals surface area contributed by atoms with Crippen molar-refractivity contribution in [2.45, 2.75) is 23.6 Å². The first-order chi connectivity index (χ1) is 13.7. The van der Waals surface area contributed by atoms with E-state index >= 15 is 0 Å². The number of carbonyl (C=O) groups is 1. The summed E-state index contributed by atoms with van der Waals surface area (Å²) in [4.78, 5) is 18.7. The summed E-state index contributed by atoms with van der Waals surface area (Å²) in [5, 5.41) is 15.4. The summed E-state index contributed by atoms with van der Waals surface area (Å²) < 4.78 is 6.27. The molecule has 3 aromatic rings. The Morgan fingerprint density at radius 2 is 2.14 bits per heavy atom. The summed E-state index contributed by atoms with van der Waals surface area (Å²) in [7, 11) is 0. The number of amides is 1. The third-order valence-electron chi connectivity index (χ3n) is 4.28. The predicted octanol–water partition coefficient (Wildman–Crippen LogP) is 2.66. The monoisotopic (exact) mass is 416 g/mol. The van der Waals surface area contributed by atoms with Crippen LogP contribution >= 0.6 is 23.1 Å². The molecule has 1 saturated heterocycles. The second-order valence-electron chi connectivity index (χ2n) is 6.46. The highest BCUT2D eigenvalue weighted by atomic mass is 32.2. The maximum absolute atomic E-state index is 12.2. The molecule has 1 N–H and O–H groups in total. The average molecular weight is 417 g/mol. The zero-order valence-corrected chi connectivity index (χ0v) is 17.0. The Bertz CT molecular complexity index is 923. The van der Waals surface area contributed by atoms with Crippen LogP contribution in [0.25, 0.3) is 0 Å². The molecule has 1 amide bonds. The van der Waals surface area contributed by atoms with E-state index in [2.05, 4.69) is 32.6 Å². The van der Waals surface area contributed by atoms with Crippen molar-refractivity contribution in [2.75, 3.05) is 30.7 Å². The fraction of sp³-hybridized carbons (Fsp3) is 0.389. The van der Waals surface area contributed by atoms with E-state index in [4.69, 9.17) is 4.52 Å². The summed E-state index contributed by atoms with van der Waals surface area (Å²) in [5.41, 5.74) is 1.15. The quantitative estimate of drug-likeness (QED) is 0.442. The zero-order chi connectivity index (χ0) is 19.3. The van der Waals surface area contributed by atoms with Crippen LogP contribution in [0.4, 0.5) is 5.13 Å². The summed E-state index contributed by atoms with van der Waals surface area (Å²) in [5.74, 6) is 2.36. The molecule has 28 heavy (non-hydrogen) atoms. The first-order valence-electron chi connectivity index (χ1n) is 9.04. The molecule has 0 bridgehead atoms. The van der Waals surface area contributed by atoms with Crippen LogP contribution < -0.4 is 5.32 Å². The van der Waals surface area contributed by atoms with E-state index in [1.165, 1.54) is 11.3 Å². The van der Waals surface area contributed by atoms with Gasteiger partial charge < -0.3 is 4.52 Å². The lowest BCUT2D eigenvalue weighted by Crippen LogP contribution is -2.48. The molecule has 0 radical (unpaired) electrons. The second-order valence-corrected chi connectivity index (χ2v) is 8.95. The molecule has 4 rings (SSSR count). The lowest BCUT2D eigenvalue weighted by Gasteiger charge is -2.36. The van der Waals surface area contributed by atoms with E-state index in [1.54, 1.807) is 11.8 Å². The third-order valence-corrected chi connectivity index (χ3v) is 6.14. The van der Waals surface area contributed by atoms with E-state index in [1.807, 2.05) is 35.2 Å². The minimum Gasteiger partial charge on any atom is -0.339 e. The van der Waals surface area contributed by atoms with Gasteiger partial charge in [-0.1, -0.05) is 65.5 Å². The van der Waals surface area contributed by atoms with Crippen LogP contribution in [0.1, 0.15) is 30.1 Å². The van der Waals surface area contributed by atoms with Crippen LogP contribution in [0, 0.1) is 0 Å². The van der Waals surface area contributed by atoms with Crippen LogP contribution in [0.5, 0.6) is 0 Å².